The first-order chi connectivity index (χ1) is 12.2. The number of benzene rings is 2. The highest BCUT2D eigenvalue weighted by atomic mass is 79.9. The second-order valence-corrected chi connectivity index (χ2v) is 6.81. The Morgan fingerprint density at radius 3 is 2.72 bits per heavy atom. The normalized spacial score (nSPS) is 12.4. The molecule has 2 N–H and O–H groups in total. The monoisotopic (exact) mass is 393 g/mol. The van der Waals surface area contributed by atoms with Crippen LogP contribution in [0, 0.1) is 0 Å². The van der Waals surface area contributed by atoms with E-state index < -0.39 is 0 Å². The molecule has 1 atom stereocenters. The molecule has 0 saturated carbocycles. The lowest BCUT2D eigenvalue weighted by Crippen LogP contribution is -2.15. The maximum absolute atomic E-state index is 6.53. The van der Waals surface area contributed by atoms with Crippen molar-refractivity contribution in [3.05, 3.63) is 82.6 Å². The van der Waals surface area contributed by atoms with Gasteiger partial charge in [-0.1, -0.05) is 45.4 Å². The Bertz CT molecular complexity index is 1010. The number of nitrogens with zero attached hydrogens (tertiary/aromatic N) is 2. The Morgan fingerprint density at radius 2 is 1.88 bits per heavy atom. The third-order valence-electron chi connectivity index (χ3n) is 4.20. The molecule has 0 radical (unpaired) electrons. The second-order valence-electron chi connectivity index (χ2n) is 5.89. The number of aromatic nitrogens is 2. The van der Waals surface area contributed by atoms with E-state index in [1.807, 2.05) is 60.7 Å². The van der Waals surface area contributed by atoms with E-state index in [0.29, 0.717) is 6.42 Å². The highest BCUT2D eigenvalue weighted by Gasteiger charge is 2.18. The number of hydrogen-bond acceptors (Lipinski definition) is 4. The Hall–Kier alpha value is -2.50. The third-order valence-corrected chi connectivity index (χ3v) is 4.69. The number of halogens is 1. The summed E-state index contributed by atoms with van der Waals surface area (Å²) >= 11 is 3.55. The smallest absolute Gasteiger partial charge is 0.167 e. The highest BCUT2D eigenvalue weighted by Crippen LogP contribution is 2.34. The summed E-state index contributed by atoms with van der Waals surface area (Å²) in [5.41, 5.74) is 11.1. The van der Waals surface area contributed by atoms with E-state index in [1.54, 1.807) is 6.20 Å². The minimum absolute atomic E-state index is 0.196. The number of rotatable bonds is 4. The molecule has 0 aliphatic rings. The van der Waals surface area contributed by atoms with Crippen LogP contribution in [-0.4, -0.2) is 10.1 Å². The van der Waals surface area contributed by atoms with Crippen molar-refractivity contribution < 1.29 is 4.52 Å². The third kappa shape index (κ3) is 3.21. The molecule has 25 heavy (non-hydrogen) atoms. The summed E-state index contributed by atoms with van der Waals surface area (Å²) in [5.74, 6) is 0. The predicted octanol–water partition coefficient (Wildman–Crippen LogP) is 4.89. The fourth-order valence-corrected chi connectivity index (χ4v) is 3.37. The first-order valence-electron chi connectivity index (χ1n) is 8.02. The van der Waals surface area contributed by atoms with E-state index >= 15 is 0 Å². The van der Waals surface area contributed by atoms with Crippen LogP contribution in [0.1, 0.15) is 17.3 Å². The molecule has 0 fully saturated rings. The standard InChI is InChI=1S/C20H16BrN3O/c21-13-8-9-15(20-16-6-1-2-7-19(16)25-24-20)17(11-13)18(22)12-14-5-3-4-10-23-14/h1-11,18H,12,22H2/t18-/m0/s1. The molecular formula is C20H16BrN3O. The molecule has 0 amide bonds. The van der Waals surface area contributed by atoms with Gasteiger partial charge in [0.15, 0.2) is 5.58 Å². The van der Waals surface area contributed by atoms with Gasteiger partial charge >= 0.3 is 0 Å². The van der Waals surface area contributed by atoms with Crippen LogP contribution in [0.15, 0.2) is 75.9 Å². The molecule has 0 spiro atoms. The summed E-state index contributed by atoms with van der Waals surface area (Å²) < 4.78 is 6.45. The van der Waals surface area contributed by atoms with Crippen LogP contribution < -0.4 is 5.73 Å². The Balaban J connectivity index is 1.79. The molecule has 124 valence electrons. The van der Waals surface area contributed by atoms with Gasteiger partial charge in [0.2, 0.25) is 0 Å². The van der Waals surface area contributed by atoms with Crippen molar-refractivity contribution >= 4 is 26.9 Å². The zero-order valence-electron chi connectivity index (χ0n) is 13.4. The van der Waals surface area contributed by atoms with E-state index in [4.69, 9.17) is 10.3 Å². The van der Waals surface area contributed by atoms with Crippen molar-refractivity contribution in [2.75, 3.05) is 0 Å². The predicted molar refractivity (Wildman–Crippen MR) is 102 cm³/mol. The summed E-state index contributed by atoms with van der Waals surface area (Å²) in [6, 6.07) is 19.6. The van der Waals surface area contributed by atoms with Gasteiger partial charge in [-0.05, 0) is 42.0 Å². The van der Waals surface area contributed by atoms with Crippen molar-refractivity contribution in [1.29, 1.82) is 0 Å². The fourth-order valence-electron chi connectivity index (χ4n) is 2.99. The fraction of sp³-hybridized carbons (Fsp3) is 0.100. The Morgan fingerprint density at radius 1 is 1.04 bits per heavy atom. The zero-order chi connectivity index (χ0) is 17.2. The average molecular weight is 394 g/mol. The molecule has 5 heteroatoms. The highest BCUT2D eigenvalue weighted by molar-refractivity contribution is 9.10. The van der Waals surface area contributed by atoms with Gasteiger partial charge in [-0.3, -0.25) is 4.98 Å². The summed E-state index contributed by atoms with van der Waals surface area (Å²) in [6.07, 6.45) is 2.44. The average Bonchev–Trinajstić information content (AvgIpc) is 3.06. The van der Waals surface area contributed by atoms with E-state index in [1.165, 1.54) is 0 Å². The Labute approximate surface area is 153 Å². The quantitative estimate of drug-likeness (QED) is 0.535. The van der Waals surface area contributed by atoms with Gasteiger partial charge in [0, 0.05) is 39.8 Å². The minimum Gasteiger partial charge on any atom is -0.356 e. The van der Waals surface area contributed by atoms with E-state index in [0.717, 1.165) is 38.0 Å². The molecule has 0 saturated heterocycles. The van der Waals surface area contributed by atoms with Gasteiger partial charge in [-0.15, -0.1) is 0 Å². The molecule has 0 bridgehead atoms. The first kappa shape index (κ1) is 16.0. The summed E-state index contributed by atoms with van der Waals surface area (Å²) in [5, 5.41) is 5.27. The maximum Gasteiger partial charge on any atom is 0.167 e. The zero-order valence-corrected chi connectivity index (χ0v) is 15.0. The minimum atomic E-state index is -0.196. The van der Waals surface area contributed by atoms with Crippen LogP contribution in [-0.2, 0) is 6.42 Å². The number of pyridine rings is 1. The number of hydrogen-bond donors (Lipinski definition) is 1. The van der Waals surface area contributed by atoms with Crippen LogP contribution in [0.5, 0.6) is 0 Å². The van der Waals surface area contributed by atoms with E-state index in [-0.39, 0.29) is 6.04 Å². The molecule has 2 aromatic carbocycles. The van der Waals surface area contributed by atoms with Gasteiger partial charge < -0.3 is 10.3 Å². The molecule has 0 aliphatic carbocycles. The van der Waals surface area contributed by atoms with E-state index in [2.05, 4.69) is 26.1 Å². The van der Waals surface area contributed by atoms with Crippen molar-refractivity contribution in [3.63, 3.8) is 0 Å². The topological polar surface area (TPSA) is 64.9 Å². The number of nitrogens with two attached hydrogens (primary N) is 1. The molecular weight excluding hydrogens is 378 g/mol. The first-order valence-corrected chi connectivity index (χ1v) is 8.81. The van der Waals surface area contributed by atoms with Crippen molar-refractivity contribution in [1.82, 2.24) is 10.1 Å². The SMILES string of the molecule is N[C@@H](Cc1ccccn1)c1cc(Br)ccc1-c1noc2ccccc12. The van der Waals surface area contributed by atoms with Crippen LogP contribution in [0.4, 0.5) is 0 Å². The molecule has 4 nitrogen and oxygen atoms in total. The van der Waals surface area contributed by atoms with E-state index in [9.17, 15) is 0 Å². The molecule has 0 unspecified atom stereocenters. The summed E-state index contributed by atoms with van der Waals surface area (Å²) in [6.45, 7) is 0. The van der Waals surface area contributed by atoms with Crippen molar-refractivity contribution in [3.8, 4) is 11.3 Å². The van der Waals surface area contributed by atoms with Gasteiger partial charge in [0.05, 0.1) is 0 Å². The lowest BCUT2D eigenvalue weighted by atomic mass is 9.94. The number of fused-ring (bicyclic) bond motifs is 1. The van der Waals surface area contributed by atoms with Crippen LogP contribution in [0.25, 0.3) is 22.2 Å². The lowest BCUT2D eigenvalue weighted by Gasteiger charge is -2.16. The molecule has 4 rings (SSSR count). The number of para-hydroxylation sites is 1. The Kier molecular flexibility index (Phi) is 4.34. The summed E-state index contributed by atoms with van der Waals surface area (Å²) in [7, 11) is 0. The van der Waals surface area contributed by atoms with Crippen molar-refractivity contribution in [2.24, 2.45) is 5.73 Å². The summed E-state index contributed by atoms with van der Waals surface area (Å²) in [4.78, 5) is 4.38. The second kappa shape index (κ2) is 6.78. The van der Waals surface area contributed by atoms with Gasteiger partial charge in [0.25, 0.3) is 0 Å². The molecule has 2 aromatic heterocycles. The molecule has 2 heterocycles. The largest absolute Gasteiger partial charge is 0.356 e. The van der Waals surface area contributed by atoms with Crippen LogP contribution in [0.3, 0.4) is 0 Å². The van der Waals surface area contributed by atoms with Gasteiger partial charge in [-0.2, -0.15) is 0 Å². The van der Waals surface area contributed by atoms with Crippen LogP contribution >= 0.6 is 15.9 Å². The van der Waals surface area contributed by atoms with Crippen LogP contribution in [0.2, 0.25) is 0 Å². The van der Waals surface area contributed by atoms with Gasteiger partial charge in [0.1, 0.15) is 5.69 Å². The van der Waals surface area contributed by atoms with Crippen molar-refractivity contribution in [2.45, 2.75) is 12.5 Å². The lowest BCUT2D eigenvalue weighted by molar-refractivity contribution is 0.459. The molecule has 0 aliphatic heterocycles. The van der Waals surface area contributed by atoms with Gasteiger partial charge in [-0.25, -0.2) is 0 Å². The molecule has 4 aromatic rings. The maximum atomic E-state index is 6.53.